The molecule has 1 aliphatic rings. The van der Waals surface area contributed by atoms with E-state index in [0.717, 1.165) is 19.7 Å². The number of hydrogen-bond donors (Lipinski definition) is 0. The van der Waals surface area contributed by atoms with Gasteiger partial charge in [0.2, 0.25) is 0 Å². The summed E-state index contributed by atoms with van der Waals surface area (Å²) in [6.07, 6.45) is 2.69. The average Bonchev–Trinajstić information content (AvgIpc) is 2.91. The fourth-order valence-corrected chi connectivity index (χ4v) is 1.82. The zero-order valence-electron chi connectivity index (χ0n) is 11.1. The third kappa shape index (κ3) is 4.52. The van der Waals surface area contributed by atoms with Gasteiger partial charge in [-0.05, 0) is 46.7 Å². The van der Waals surface area contributed by atoms with Crippen molar-refractivity contribution in [1.82, 2.24) is 4.90 Å². The van der Waals surface area contributed by atoms with Crippen LogP contribution in [0.15, 0.2) is 0 Å². The van der Waals surface area contributed by atoms with E-state index in [9.17, 15) is 0 Å². The summed E-state index contributed by atoms with van der Waals surface area (Å²) in [6, 6.07) is 0. The molecule has 0 aliphatic heterocycles. The topological polar surface area (TPSA) is 12.5 Å². The highest BCUT2D eigenvalue weighted by atomic mass is 16.5. The van der Waals surface area contributed by atoms with Crippen molar-refractivity contribution in [3.63, 3.8) is 0 Å². The summed E-state index contributed by atoms with van der Waals surface area (Å²) in [5.41, 5.74) is 0.498. The van der Waals surface area contributed by atoms with Crippen molar-refractivity contribution in [2.45, 2.75) is 53.1 Å². The molecule has 1 saturated carbocycles. The van der Waals surface area contributed by atoms with E-state index in [4.69, 9.17) is 4.74 Å². The summed E-state index contributed by atoms with van der Waals surface area (Å²) >= 11 is 0. The molecule has 90 valence electrons. The van der Waals surface area contributed by atoms with E-state index < -0.39 is 0 Å². The van der Waals surface area contributed by atoms with Gasteiger partial charge in [-0.1, -0.05) is 13.8 Å². The SMILES string of the molecule is CCN(CC)CC1(COC(C)(C)C)CC1. The van der Waals surface area contributed by atoms with Gasteiger partial charge in [-0.3, -0.25) is 0 Å². The van der Waals surface area contributed by atoms with Crippen LogP contribution in [-0.4, -0.2) is 36.7 Å². The Hall–Kier alpha value is -0.0800. The van der Waals surface area contributed by atoms with E-state index in [2.05, 4.69) is 39.5 Å². The lowest BCUT2D eigenvalue weighted by Crippen LogP contribution is -2.34. The van der Waals surface area contributed by atoms with E-state index in [-0.39, 0.29) is 5.60 Å². The highest BCUT2D eigenvalue weighted by molar-refractivity contribution is 4.95. The van der Waals surface area contributed by atoms with E-state index >= 15 is 0 Å². The van der Waals surface area contributed by atoms with Crippen molar-refractivity contribution in [2.75, 3.05) is 26.2 Å². The maximum absolute atomic E-state index is 5.92. The van der Waals surface area contributed by atoms with Gasteiger partial charge in [0.15, 0.2) is 0 Å². The van der Waals surface area contributed by atoms with E-state index in [1.807, 2.05) is 0 Å². The van der Waals surface area contributed by atoms with Crippen molar-refractivity contribution >= 4 is 0 Å². The molecule has 2 nitrogen and oxygen atoms in total. The van der Waals surface area contributed by atoms with Gasteiger partial charge in [-0.2, -0.15) is 0 Å². The summed E-state index contributed by atoms with van der Waals surface area (Å²) in [4.78, 5) is 2.51. The van der Waals surface area contributed by atoms with Crippen LogP contribution >= 0.6 is 0 Å². The highest BCUT2D eigenvalue weighted by Gasteiger charge is 2.44. The average molecular weight is 213 g/mol. The minimum Gasteiger partial charge on any atom is -0.375 e. The van der Waals surface area contributed by atoms with E-state index in [0.29, 0.717) is 5.41 Å². The summed E-state index contributed by atoms with van der Waals surface area (Å²) in [5, 5.41) is 0. The van der Waals surface area contributed by atoms with Crippen molar-refractivity contribution in [3.8, 4) is 0 Å². The van der Waals surface area contributed by atoms with Crippen LogP contribution in [0.1, 0.15) is 47.5 Å². The molecule has 0 amide bonds. The van der Waals surface area contributed by atoms with Gasteiger partial charge in [0.1, 0.15) is 0 Å². The second kappa shape index (κ2) is 4.84. The Balaban J connectivity index is 2.33. The Morgan fingerprint density at radius 3 is 2.00 bits per heavy atom. The lowest BCUT2D eigenvalue weighted by Gasteiger charge is -2.28. The third-order valence-corrected chi connectivity index (χ3v) is 3.22. The Kier molecular flexibility index (Phi) is 4.19. The van der Waals surface area contributed by atoms with Crippen molar-refractivity contribution in [2.24, 2.45) is 5.41 Å². The quantitative estimate of drug-likeness (QED) is 0.672. The standard InChI is InChI=1S/C13H27NO/c1-6-14(7-2)10-13(8-9-13)11-15-12(3,4)5/h6-11H2,1-5H3. The van der Waals surface area contributed by atoms with Crippen LogP contribution in [0.4, 0.5) is 0 Å². The first-order valence-corrected chi connectivity index (χ1v) is 6.27. The fraction of sp³-hybridized carbons (Fsp3) is 1.00. The number of rotatable bonds is 6. The molecule has 0 radical (unpaired) electrons. The summed E-state index contributed by atoms with van der Waals surface area (Å²) in [7, 11) is 0. The van der Waals surface area contributed by atoms with Crippen LogP contribution < -0.4 is 0 Å². The molecule has 0 spiro atoms. The molecule has 0 atom stereocenters. The molecule has 2 heteroatoms. The summed E-state index contributed by atoms with van der Waals surface area (Å²) < 4.78 is 5.92. The largest absolute Gasteiger partial charge is 0.375 e. The Labute approximate surface area is 95.0 Å². The molecule has 0 N–H and O–H groups in total. The predicted molar refractivity (Wildman–Crippen MR) is 65.2 cm³/mol. The minimum absolute atomic E-state index is 0.0127. The van der Waals surface area contributed by atoms with Crippen molar-refractivity contribution < 1.29 is 4.74 Å². The van der Waals surface area contributed by atoms with Gasteiger partial charge < -0.3 is 9.64 Å². The second-order valence-electron chi connectivity index (χ2n) is 5.86. The smallest absolute Gasteiger partial charge is 0.0598 e. The van der Waals surface area contributed by atoms with Crippen LogP contribution in [0.25, 0.3) is 0 Å². The van der Waals surface area contributed by atoms with Crippen LogP contribution in [0.2, 0.25) is 0 Å². The molecule has 1 fully saturated rings. The highest BCUT2D eigenvalue weighted by Crippen LogP contribution is 2.47. The molecular weight excluding hydrogens is 186 g/mol. The molecule has 1 rings (SSSR count). The molecule has 0 aromatic heterocycles. The first-order chi connectivity index (χ1) is 6.91. The van der Waals surface area contributed by atoms with Gasteiger partial charge in [-0.25, -0.2) is 0 Å². The molecular formula is C13H27NO. The van der Waals surface area contributed by atoms with Crippen LogP contribution in [0.3, 0.4) is 0 Å². The van der Waals surface area contributed by atoms with Gasteiger partial charge in [0, 0.05) is 12.0 Å². The van der Waals surface area contributed by atoms with Crippen LogP contribution in [0.5, 0.6) is 0 Å². The Bertz CT molecular complexity index is 187. The molecule has 0 bridgehead atoms. The second-order valence-corrected chi connectivity index (χ2v) is 5.86. The monoisotopic (exact) mass is 213 g/mol. The zero-order chi connectivity index (χ0) is 11.5. The number of hydrogen-bond acceptors (Lipinski definition) is 2. The van der Waals surface area contributed by atoms with Crippen molar-refractivity contribution in [1.29, 1.82) is 0 Å². The van der Waals surface area contributed by atoms with Gasteiger partial charge in [-0.15, -0.1) is 0 Å². The fourth-order valence-electron chi connectivity index (χ4n) is 1.82. The lowest BCUT2D eigenvalue weighted by atomic mass is 10.1. The molecule has 15 heavy (non-hydrogen) atoms. The summed E-state index contributed by atoms with van der Waals surface area (Å²) in [6.45, 7) is 15.4. The maximum atomic E-state index is 5.92. The van der Waals surface area contributed by atoms with Gasteiger partial charge in [0.25, 0.3) is 0 Å². The number of ether oxygens (including phenoxy) is 1. The Morgan fingerprint density at radius 1 is 1.13 bits per heavy atom. The van der Waals surface area contributed by atoms with Crippen molar-refractivity contribution in [3.05, 3.63) is 0 Å². The first-order valence-electron chi connectivity index (χ1n) is 6.27. The molecule has 0 heterocycles. The predicted octanol–water partition coefficient (Wildman–Crippen LogP) is 2.92. The molecule has 0 aromatic rings. The van der Waals surface area contributed by atoms with Gasteiger partial charge in [0.05, 0.1) is 12.2 Å². The third-order valence-electron chi connectivity index (χ3n) is 3.22. The maximum Gasteiger partial charge on any atom is 0.0598 e. The van der Waals surface area contributed by atoms with Crippen LogP contribution in [0, 0.1) is 5.41 Å². The molecule has 0 aromatic carbocycles. The normalized spacial score (nSPS) is 19.6. The number of nitrogens with zero attached hydrogens (tertiary/aromatic N) is 1. The summed E-state index contributed by atoms with van der Waals surface area (Å²) in [5.74, 6) is 0. The van der Waals surface area contributed by atoms with Crippen LogP contribution in [-0.2, 0) is 4.74 Å². The van der Waals surface area contributed by atoms with Gasteiger partial charge >= 0.3 is 0 Å². The Morgan fingerprint density at radius 2 is 1.67 bits per heavy atom. The van der Waals surface area contributed by atoms with E-state index in [1.165, 1.54) is 19.4 Å². The van der Waals surface area contributed by atoms with E-state index in [1.54, 1.807) is 0 Å². The molecule has 0 unspecified atom stereocenters. The first kappa shape index (κ1) is 13.0. The molecule has 0 saturated heterocycles. The zero-order valence-corrected chi connectivity index (χ0v) is 11.1. The minimum atomic E-state index is 0.0127. The lowest BCUT2D eigenvalue weighted by molar-refractivity contribution is -0.0335. The molecule has 1 aliphatic carbocycles.